The zero-order chi connectivity index (χ0) is 19.6. The number of aldehydes is 1. The highest BCUT2D eigenvalue weighted by atomic mass is 19.1. The molecule has 3 rings (SSSR count). The molecule has 0 radical (unpaired) electrons. The maximum absolute atomic E-state index is 14.7. The molecule has 1 saturated heterocycles. The smallest absolute Gasteiger partial charge is 0.224 e. The first kappa shape index (κ1) is 19.2. The third kappa shape index (κ3) is 4.05. The molecule has 1 N–H and O–H groups in total. The van der Waals surface area contributed by atoms with Gasteiger partial charge in [0.05, 0.1) is 30.7 Å². The highest BCUT2D eigenvalue weighted by molar-refractivity contribution is 6.29. The molecule has 0 atom stereocenters. The van der Waals surface area contributed by atoms with Gasteiger partial charge in [0.1, 0.15) is 11.3 Å². The highest BCUT2D eigenvalue weighted by Crippen LogP contribution is 2.30. The van der Waals surface area contributed by atoms with Crippen LogP contribution in [0, 0.1) is 11.7 Å². The van der Waals surface area contributed by atoms with Gasteiger partial charge in [-0.2, -0.15) is 4.98 Å². The fraction of sp³-hybridized carbons (Fsp3) is 0.474. The van der Waals surface area contributed by atoms with Crippen LogP contribution in [0.5, 0.6) is 5.88 Å². The van der Waals surface area contributed by atoms with E-state index in [9.17, 15) is 14.0 Å². The number of Topliss-reactive ketones (excluding diaryl/α,β-unsaturated/α-hetero) is 1. The topological polar surface area (TPSA) is 90.4 Å². The SMILES string of the molecule is CCc1nc(OCC2COC2)c2cc(NC(C)(C)C(=O)C=O)cc(F)c2n1. The van der Waals surface area contributed by atoms with Crippen LogP contribution in [-0.2, 0) is 20.7 Å². The molecule has 0 aliphatic carbocycles. The van der Waals surface area contributed by atoms with Crippen molar-refractivity contribution in [3.8, 4) is 5.88 Å². The van der Waals surface area contributed by atoms with Gasteiger partial charge in [-0.25, -0.2) is 9.37 Å². The summed E-state index contributed by atoms with van der Waals surface area (Å²) in [4.78, 5) is 31.2. The molecule has 2 aromatic rings. The van der Waals surface area contributed by atoms with Gasteiger partial charge in [-0.15, -0.1) is 0 Å². The van der Waals surface area contributed by atoms with E-state index in [1.54, 1.807) is 19.9 Å². The standard InChI is InChI=1S/C19H22FN3O4/c1-4-16-21-17-13(18(22-16)27-10-11-8-26-9-11)5-12(6-14(17)20)23-19(2,3)15(25)7-24/h5-7,11,23H,4,8-10H2,1-3H3. The summed E-state index contributed by atoms with van der Waals surface area (Å²) in [5, 5.41) is 3.30. The van der Waals surface area contributed by atoms with Crippen molar-refractivity contribution >= 4 is 28.7 Å². The fourth-order valence-corrected chi connectivity index (χ4v) is 2.69. The zero-order valence-electron chi connectivity index (χ0n) is 15.5. The number of halogens is 1. The predicted molar refractivity (Wildman–Crippen MR) is 97.5 cm³/mol. The Morgan fingerprint density at radius 1 is 1.41 bits per heavy atom. The largest absolute Gasteiger partial charge is 0.477 e. The second kappa shape index (κ2) is 7.56. The average molecular weight is 375 g/mol. The van der Waals surface area contributed by atoms with Crippen molar-refractivity contribution in [2.45, 2.75) is 32.7 Å². The summed E-state index contributed by atoms with van der Waals surface area (Å²) in [5.41, 5.74) is -0.673. The Hall–Kier alpha value is -2.61. The van der Waals surface area contributed by atoms with Gasteiger partial charge in [0.15, 0.2) is 12.1 Å². The molecule has 0 saturated carbocycles. The number of nitrogens with one attached hydrogen (secondary N) is 1. The molecule has 0 unspecified atom stereocenters. The second-order valence-electron chi connectivity index (χ2n) is 7.10. The number of ether oxygens (including phenoxy) is 2. The van der Waals surface area contributed by atoms with E-state index < -0.39 is 17.1 Å². The summed E-state index contributed by atoms with van der Waals surface area (Å²) in [6.45, 7) is 6.67. The van der Waals surface area contributed by atoms with E-state index in [0.717, 1.165) is 0 Å². The summed E-state index contributed by atoms with van der Waals surface area (Å²) in [6, 6.07) is 2.88. The van der Waals surface area contributed by atoms with Crippen LogP contribution in [0.3, 0.4) is 0 Å². The van der Waals surface area contributed by atoms with Crippen molar-refractivity contribution in [1.82, 2.24) is 9.97 Å². The summed E-state index contributed by atoms with van der Waals surface area (Å²) >= 11 is 0. The Bertz CT molecular complexity index is 881. The third-order valence-electron chi connectivity index (χ3n) is 4.42. The first-order chi connectivity index (χ1) is 12.8. The number of carbonyl (C=O) groups excluding carboxylic acids is 2. The van der Waals surface area contributed by atoms with Crippen molar-refractivity contribution in [2.75, 3.05) is 25.1 Å². The molecule has 1 aliphatic rings. The maximum atomic E-state index is 14.7. The molecule has 2 heterocycles. The number of carbonyl (C=O) groups is 2. The van der Waals surface area contributed by atoms with Crippen LogP contribution in [0.25, 0.3) is 10.9 Å². The first-order valence-electron chi connectivity index (χ1n) is 8.82. The Morgan fingerprint density at radius 3 is 2.74 bits per heavy atom. The van der Waals surface area contributed by atoms with E-state index in [1.807, 2.05) is 6.92 Å². The molecular weight excluding hydrogens is 353 g/mol. The number of ketones is 1. The summed E-state index contributed by atoms with van der Waals surface area (Å²) < 4.78 is 25.7. The molecule has 0 bridgehead atoms. The number of fused-ring (bicyclic) bond motifs is 1. The number of benzene rings is 1. The second-order valence-corrected chi connectivity index (χ2v) is 7.10. The van der Waals surface area contributed by atoms with E-state index in [2.05, 4.69) is 15.3 Å². The molecule has 27 heavy (non-hydrogen) atoms. The Kier molecular flexibility index (Phi) is 5.36. The van der Waals surface area contributed by atoms with Crippen LogP contribution < -0.4 is 10.1 Å². The number of aromatic nitrogens is 2. The van der Waals surface area contributed by atoms with Crippen LogP contribution >= 0.6 is 0 Å². The lowest BCUT2D eigenvalue weighted by Gasteiger charge is -2.26. The van der Waals surface area contributed by atoms with Crippen LogP contribution in [0.1, 0.15) is 26.6 Å². The number of nitrogens with zero attached hydrogens (tertiary/aromatic N) is 2. The summed E-state index contributed by atoms with van der Waals surface area (Å²) in [6.07, 6.45) is 0.787. The highest BCUT2D eigenvalue weighted by Gasteiger charge is 2.27. The van der Waals surface area contributed by atoms with Gasteiger partial charge in [-0.05, 0) is 26.0 Å². The van der Waals surface area contributed by atoms with Gasteiger partial charge < -0.3 is 14.8 Å². The number of aryl methyl sites for hydroxylation is 1. The van der Waals surface area contributed by atoms with E-state index in [-0.39, 0.29) is 17.7 Å². The lowest BCUT2D eigenvalue weighted by molar-refractivity contribution is -0.132. The molecule has 0 spiro atoms. The summed E-state index contributed by atoms with van der Waals surface area (Å²) in [5.74, 6) is -0.125. The molecule has 7 nitrogen and oxygen atoms in total. The molecule has 0 amide bonds. The average Bonchev–Trinajstić information content (AvgIpc) is 2.59. The molecule has 144 valence electrons. The van der Waals surface area contributed by atoms with Crippen molar-refractivity contribution in [1.29, 1.82) is 0 Å². The van der Waals surface area contributed by atoms with Crippen molar-refractivity contribution in [2.24, 2.45) is 5.92 Å². The van der Waals surface area contributed by atoms with E-state index >= 15 is 0 Å². The summed E-state index contributed by atoms with van der Waals surface area (Å²) in [7, 11) is 0. The van der Waals surface area contributed by atoms with E-state index in [1.165, 1.54) is 6.07 Å². The molecular formula is C19H22FN3O4. The van der Waals surface area contributed by atoms with Crippen molar-refractivity contribution < 1.29 is 23.5 Å². The van der Waals surface area contributed by atoms with Crippen molar-refractivity contribution in [3.63, 3.8) is 0 Å². The van der Waals surface area contributed by atoms with E-state index in [4.69, 9.17) is 9.47 Å². The van der Waals surface area contributed by atoms with Gasteiger partial charge >= 0.3 is 0 Å². The van der Waals surface area contributed by atoms with Crippen LogP contribution in [0.2, 0.25) is 0 Å². The van der Waals surface area contributed by atoms with Gasteiger partial charge in [0, 0.05) is 18.0 Å². The van der Waals surface area contributed by atoms with Gasteiger partial charge in [-0.1, -0.05) is 6.92 Å². The minimum Gasteiger partial charge on any atom is -0.477 e. The predicted octanol–water partition coefficient (Wildman–Crippen LogP) is 2.32. The number of hydrogen-bond donors (Lipinski definition) is 1. The molecule has 8 heteroatoms. The number of anilines is 1. The molecule has 1 aromatic carbocycles. The molecule has 1 fully saturated rings. The van der Waals surface area contributed by atoms with Crippen LogP contribution in [-0.4, -0.2) is 47.4 Å². The van der Waals surface area contributed by atoms with Gasteiger partial charge in [0.25, 0.3) is 0 Å². The quantitative estimate of drug-likeness (QED) is 0.559. The monoisotopic (exact) mass is 375 g/mol. The first-order valence-corrected chi connectivity index (χ1v) is 8.82. The number of rotatable bonds is 8. The molecule has 1 aliphatic heterocycles. The Balaban J connectivity index is 2.00. The van der Waals surface area contributed by atoms with Gasteiger partial charge in [0.2, 0.25) is 11.7 Å². The normalized spacial score (nSPS) is 14.7. The number of hydrogen-bond acceptors (Lipinski definition) is 7. The fourth-order valence-electron chi connectivity index (χ4n) is 2.69. The Labute approximate surface area is 156 Å². The van der Waals surface area contributed by atoms with Crippen LogP contribution in [0.4, 0.5) is 10.1 Å². The zero-order valence-corrected chi connectivity index (χ0v) is 15.5. The third-order valence-corrected chi connectivity index (χ3v) is 4.42. The minimum atomic E-state index is -1.17. The van der Waals surface area contributed by atoms with Crippen LogP contribution in [0.15, 0.2) is 12.1 Å². The lowest BCUT2D eigenvalue weighted by atomic mass is 9.99. The minimum absolute atomic E-state index is 0.159. The lowest BCUT2D eigenvalue weighted by Crippen LogP contribution is -2.41. The maximum Gasteiger partial charge on any atom is 0.224 e. The van der Waals surface area contributed by atoms with Crippen molar-refractivity contribution in [3.05, 3.63) is 23.8 Å². The van der Waals surface area contributed by atoms with E-state index in [0.29, 0.717) is 49.0 Å². The molecule has 1 aromatic heterocycles. The Morgan fingerprint density at radius 2 is 2.15 bits per heavy atom. The van der Waals surface area contributed by atoms with Gasteiger partial charge in [-0.3, -0.25) is 9.59 Å².